The zero-order valence-corrected chi connectivity index (χ0v) is 18.3. The van der Waals surface area contributed by atoms with Gasteiger partial charge in [0.2, 0.25) is 0 Å². The van der Waals surface area contributed by atoms with Crippen molar-refractivity contribution in [3.8, 4) is 11.3 Å². The molecule has 0 aliphatic carbocycles. The average molecular weight is 413 g/mol. The molecular formula is C24H36N4O2. The van der Waals surface area contributed by atoms with Crippen LogP contribution in [0.25, 0.3) is 11.3 Å². The lowest BCUT2D eigenvalue weighted by molar-refractivity contribution is 0.0552. The van der Waals surface area contributed by atoms with E-state index in [0.29, 0.717) is 6.10 Å². The molecule has 2 aromatic rings. The first-order valence-electron chi connectivity index (χ1n) is 11.4. The van der Waals surface area contributed by atoms with Crippen LogP contribution in [0.3, 0.4) is 0 Å². The molecule has 6 nitrogen and oxygen atoms in total. The van der Waals surface area contributed by atoms with Gasteiger partial charge in [-0.25, -0.2) is 0 Å². The van der Waals surface area contributed by atoms with Crippen molar-refractivity contribution >= 4 is 0 Å². The number of nitrogens with zero attached hydrogens (tertiary/aromatic N) is 3. The summed E-state index contributed by atoms with van der Waals surface area (Å²) in [6, 6.07) is 10.5. The van der Waals surface area contributed by atoms with Gasteiger partial charge in [0.05, 0.1) is 24.6 Å². The van der Waals surface area contributed by atoms with E-state index in [1.807, 2.05) is 6.20 Å². The predicted molar refractivity (Wildman–Crippen MR) is 119 cm³/mol. The van der Waals surface area contributed by atoms with E-state index in [4.69, 9.17) is 9.47 Å². The average Bonchev–Trinajstić information content (AvgIpc) is 3.46. The Labute approximate surface area is 180 Å². The topological polar surface area (TPSA) is 53.6 Å². The monoisotopic (exact) mass is 412 g/mol. The summed E-state index contributed by atoms with van der Waals surface area (Å²) in [5.41, 5.74) is 3.62. The molecule has 0 spiro atoms. The van der Waals surface area contributed by atoms with Crippen molar-refractivity contribution < 1.29 is 9.47 Å². The number of methoxy groups -OCH3 is 1. The minimum absolute atomic E-state index is 0.374. The maximum Gasteiger partial charge on any atom is 0.0702 e. The second-order valence-corrected chi connectivity index (χ2v) is 8.74. The van der Waals surface area contributed by atoms with Gasteiger partial charge in [-0.05, 0) is 50.3 Å². The largest absolute Gasteiger partial charge is 0.383 e. The molecule has 1 atom stereocenters. The number of hydrogen-bond donors (Lipinski definition) is 1. The van der Waals surface area contributed by atoms with Crippen LogP contribution < -0.4 is 0 Å². The van der Waals surface area contributed by atoms with Gasteiger partial charge in [-0.15, -0.1) is 0 Å². The molecule has 1 aromatic carbocycles. The number of aromatic amines is 1. The molecule has 0 unspecified atom stereocenters. The molecule has 164 valence electrons. The molecule has 2 fully saturated rings. The maximum atomic E-state index is 5.98. The fourth-order valence-corrected chi connectivity index (χ4v) is 4.78. The number of piperidine rings is 1. The quantitative estimate of drug-likeness (QED) is 0.648. The predicted octanol–water partition coefficient (Wildman–Crippen LogP) is 3.42. The Balaban J connectivity index is 1.39. The fraction of sp³-hybridized carbons (Fsp3) is 0.625. The Bertz CT molecular complexity index is 737. The Morgan fingerprint density at radius 2 is 2.00 bits per heavy atom. The van der Waals surface area contributed by atoms with Crippen molar-refractivity contribution in [3.63, 3.8) is 0 Å². The highest BCUT2D eigenvalue weighted by Gasteiger charge is 2.25. The first kappa shape index (κ1) is 21.5. The molecule has 30 heavy (non-hydrogen) atoms. The van der Waals surface area contributed by atoms with Gasteiger partial charge in [0.15, 0.2) is 0 Å². The second-order valence-electron chi connectivity index (χ2n) is 8.74. The van der Waals surface area contributed by atoms with Crippen molar-refractivity contribution in [2.24, 2.45) is 5.92 Å². The number of nitrogens with one attached hydrogen (secondary N) is 1. The van der Waals surface area contributed by atoms with Gasteiger partial charge < -0.3 is 14.4 Å². The molecule has 2 aliphatic rings. The Hall–Kier alpha value is -1.73. The summed E-state index contributed by atoms with van der Waals surface area (Å²) in [7, 11) is 1.79. The van der Waals surface area contributed by atoms with E-state index in [2.05, 4.69) is 50.3 Å². The Kier molecular flexibility index (Phi) is 7.92. The molecule has 0 radical (unpaired) electrons. The zero-order valence-electron chi connectivity index (χ0n) is 18.3. The summed E-state index contributed by atoms with van der Waals surface area (Å²) >= 11 is 0. The maximum absolute atomic E-state index is 5.98. The van der Waals surface area contributed by atoms with Gasteiger partial charge in [-0.1, -0.05) is 30.3 Å². The van der Waals surface area contributed by atoms with Crippen LogP contribution >= 0.6 is 0 Å². The van der Waals surface area contributed by atoms with E-state index in [-0.39, 0.29) is 0 Å². The molecule has 3 heterocycles. The van der Waals surface area contributed by atoms with Crippen LogP contribution in [0.1, 0.15) is 31.2 Å². The lowest BCUT2D eigenvalue weighted by Gasteiger charge is -2.35. The minimum atomic E-state index is 0.374. The van der Waals surface area contributed by atoms with Crippen LogP contribution in [-0.2, 0) is 16.0 Å². The van der Waals surface area contributed by atoms with E-state index in [0.717, 1.165) is 51.0 Å². The van der Waals surface area contributed by atoms with Crippen LogP contribution in [0, 0.1) is 5.92 Å². The summed E-state index contributed by atoms with van der Waals surface area (Å²) in [6.07, 6.45) is 7.28. The first-order valence-corrected chi connectivity index (χ1v) is 11.4. The highest BCUT2D eigenvalue weighted by atomic mass is 16.5. The number of likely N-dealkylation sites (tertiary alicyclic amines) is 1. The molecule has 2 saturated heterocycles. The number of rotatable bonds is 10. The van der Waals surface area contributed by atoms with Gasteiger partial charge in [0.1, 0.15) is 0 Å². The number of hydrogen-bond acceptors (Lipinski definition) is 5. The molecular weight excluding hydrogens is 376 g/mol. The SMILES string of the molecule is COCCN1CCC(CN(Cc2cn[nH]c2-c2ccccc2)C[C@@H]2CCCO2)CC1. The summed E-state index contributed by atoms with van der Waals surface area (Å²) in [5, 5.41) is 7.59. The van der Waals surface area contributed by atoms with Gasteiger partial charge in [-0.2, -0.15) is 5.10 Å². The van der Waals surface area contributed by atoms with Gasteiger partial charge in [-0.3, -0.25) is 10.00 Å². The number of benzene rings is 1. The summed E-state index contributed by atoms with van der Waals surface area (Å²) in [5.74, 6) is 0.747. The molecule has 1 aromatic heterocycles. The third kappa shape index (κ3) is 5.91. The van der Waals surface area contributed by atoms with Gasteiger partial charge >= 0.3 is 0 Å². The molecule has 0 bridgehead atoms. The van der Waals surface area contributed by atoms with Gasteiger partial charge in [0, 0.05) is 45.5 Å². The summed E-state index contributed by atoms with van der Waals surface area (Å²) in [6.45, 7) is 8.24. The molecule has 0 amide bonds. The molecule has 4 rings (SSSR count). The normalized spacial score (nSPS) is 20.9. The standard InChI is InChI=1S/C24H36N4O2/c1-29-15-13-27-11-9-20(10-12-27)17-28(19-23-8-5-14-30-23)18-22-16-25-26-24(22)21-6-3-2-4-7-21/h2-4,6-7,16,20,23H,5,8-15,17-19H2,1H3,(H,25,26)/t23-/m0/s1. The molecule has 0 saturated carbocycles. The molecule has 6 heteroatoms. The fourth-order valence-electron chi connectivity index (χ4n) is 4.78. The van der Waals surface area contributed by atoms with Crippen molar-refractivity contribution in [3.05, 3.63) is 42.1 Å². The van der Waals surface area contributed by atoms with Crippen molar-refractivity contribution in [2.45, 2.75) is 38.3 Å². The van der Waals surface area contributed by atoms with E-state index in [1.54, 1.807) is 7.11 Å². The summed E-state index contributed by atoms with van der Waals surface area (Å²) in [4.78, 5) is 5.15. The van der Waals surface area contributed by atoms with Crippen molar-refractivity contribution in [1.29, 1.82) is 0 Å². The number of H-pyrrole nitrogens is 1. The minimum Gasteiger partial charge on any atom is -0.383 e. The Morgan fingerprint density at radius 3 is 2.73 bits per heavy atom. The number of ether oxygens (including phenoxy) is 2. The highest BCUT2D eigenvalue weighted by molar-refractivity contribution is 5.62. The van der Waals surface area contributed by atoms with E-state index in [1.165, 1.54) is 49.9 Å². The number of aromatic nitrogens is 2. The third-order valence-corrected chi connectivity index (χ3v) is 6.50. The summed E-state index contributed by atoms with van der Waals surface area (Å²) < 4.78 is 11.2. The lowest BCUT2D eigenvalue weighted by Crippen LogP contribution is -2.41. The van der Waals surface area contributed by atoms with Crippen molar-refractivity contribution in [1.82, 2.24) is 20.0 Å². The van der Waals surface area contributed by atoms with E-state index < -0.39 is 0 Å². The second kappa shape index (κ2) is 11.0. The Morgan fingerprint density at radius 1 is 1.17 bits per heavy atom. The smallest absolute Gasteiger partial charge is 0.0702 e. The zero-order chi connectivity index (χ0) is 20.6. The van der Waals surface area contributed by atoms with E-state index in [9.17, 15) is 0 Å². The molecule has 2 aliphatic heterocycles. The third-order valence-electron chi connectivity index (χ3n) is 6.50. The van der Waals surface area contributed by atoms with Crippen LogP contribution in [0.4, 0.5) is 0 Å². The van der Waals surface area contributed by atoms with Crippen LogP contribution in [-0.4, -0.2) is 79.1 Å². The lowest BCUT2D eigenvalue weighted by atomic mass is 9.95. The van der Waals surface area contributed by atoms with Crippen LogP contribution in [0.2, 0.25) is 0 Å². The molecule has 1 N–H and O–H groups in total. The van der Waals surface area contributed by atoms with Crippen LogP contribution in [0.5, 0.6) is 0 Å². The first-order chi connectivity index (χ1) is 14.8. The van der Waals surface area contributed by atoms with Gasteiger partial charge in [0.25, 0.3) is 0 Å². The van der Waals surface area contributed by atoms with Crippen LogP contribution in [0.15, 0.2) is 36.5 Å². The van der Waals surface area contributed by atoms with E-state index >= 15 is 0 Å². The van der Waals surface area contributed by atoms with Crippen molar-refractivity contribution in [2.75, 3.05) is 53.0 Å². The highest BCUT2D eigenvalue weighted by Crippen LogP contribution is 2.25.